The van der Waals surface area contributed by atoms with Crippen LogP contribution in [0.1, 0.15) is 51.9 Å². The lowest BCUT2D eigenvalue weighted by molar-refractivity contribution is 0.0993. The minimum Gasteiger partial charge on any atom is -0.290 e. The van der Waals surface area contributed by atoms with Crippen LogP contribution in [0.3, 0.4) is 0 Å². The van der Waals surface area contributed by atoms with Gasteiger partial charge in [-0.15, -0.1) is 0 Å². The van der Waals surface area contributed by atoms with Crippen LogP contribution in [0.25, 0.3) is 0 Å². The number of Topliss-reactive ketones (excluding diaryl/α,β-unsaturated/α-hetero) is 1. The Morgan fingerprint density at radius 1 is 0.750 bits per heavy atom. The maximum atomic E-state index is 13.2. The summed E-state index contributed by atoms with van der Waals surface area (Å²) >= 11 is 0. The van der Waals surface area contributed by atoms with Crippen LogP contribution in [-0.2, 0) is 9.05 Å². The Bertz CT molecular complexity index is 725. The van der Waals surface area contributed by atoms with Crippen LogP contribution in [0.2, 0.25) is 0 Å². The van der Waals surface area contributed by atoms with E-state index < -0.39 is 7.72 Å². The second-order valence-corrected chi connectivity index (χ2v) is 12.3. The third-order valence-electron chi connectivity index (χ3n) is 4.01. The molecule has 0 amide bonds. The Morgan fingerprint density at radius 2 is 1.18 bits per heavy atom. The van der Waals surface area contributed by atoms with E-state index in [0.717, 1.165) is 5.30 Å². The number of rotatable bonds is 8. The van der Waals surface area contributed by atoms with Crippen molar-refractivity contribution in [3.8, 4) is 0 Å². The molecular formula is C24H34O3P+. The second kappa shape index (κ2) is 9.31. The van der Waals surface area contributed by atoms with Crippen LogP contribution in [0, 0.1) is 10.8 Å². The molecule has 0 bridgehead atoms. The molecule has 0 spiro atoms. The fraction of sp³-hybridized carbons (Fsp3) is 0.458. The molecule has 0 aromatic heterocycles. The second-order valence-electron chi connectivity index (χ2n) is 9.62. The van der Waals surface area contributed by atoms with E-state index in [-0.39, 0.29) is 22.8 Å². The standard InChI is InChI=1S/C24H34O3P/c1-23(2,3)18-26-28(27-19-24(4,5)6,21-15-11-8-12-16-21)17-22(25)20-13-9-7-10-14-20/h7-16H,17-19H2,1-6H3/q+1. The molecule has 0 unspecified atom stereocenters. The number of carbonyl (C=O) groups excluding carboxylic acids is 1. The molecule has 152 valence electrons. The smallest absolute Gasteiger partial charge is 0.290 e. The van der Waals surface area contributed by atoms with Gasteiger partial charge in [-0.25, -0.2) is 0 Å². The molecule has 2 aromatic carbocycles. The van der Waals surface area contributed by atoms with Gasteiger partial charge in [0.15, 0.2) is 11.5 Å². The third-order valence-corrected chi connectivity index (χ3v) is 6.89. The third kappa shape index (κ3) is 7.13. The molecule has 0 aliphatic heterocycles. The predicted octanol–water partition coefficient (Wildman–Crippen LogP) is 6.17. The fourth-order valence-electron chi connectivity index (χ4n) is 2.52. The molecule has 0 N–H and O–H groups in total. The number of carbonyl (C=O) groups is 1. The van der Waals surface area contributed by atoms with Gasteiger partial charge in [0.2, 0.25) is 5.78 Å². The van der Waals surface area contributed by atoms with Crippen molar-refractivity contribution in [3.05, 3.63) is 66.2 Å². The Hall–Kier alpha value is -1.54. The molecule has 3 nitrogen and oxygen atoms in total. The molecular weight excluding hydrogens is 367 g/mol. The Balaban J connectivity index is 2.43. The molecule has 28 heavy (non-hydrogen) atoms. The molecule has 0 fully saturated rings. The Morgan fingerprint density at radius 3 is 1.61 bits per heavy atom. The lowest BCUT2D eigenvalue weighted by atomic mass is 9.99. The minimum atomic E-state index is -2.61. The molecule has 0 atom stereocenters. The van der Waals surface area contributed by atoms with E-state index in [0.29, 0.717) is 18.8 Å². The fourth-order valence-corrected chi connectivity index (χ4v) is 5.64. The lowest BCUT2D eigenvalue weighted by Crippen LogP contribution is -2.29. The van der Waals surface area contributed by atoms with Gasteiger partial charge in [-0.1, -0.05) is 90.1 Å². The summed E-state index contributed by atoms with van der Waals surface area (Å²) in [5, 5.41) is 0.979. The first-order chi connectivity index (χ1) is 13.0. The van der Waals surface area contributed by atoms with Gasteiger partial charge >= 0.3 is 7.72 Å². The van der Waals surface area contributed by atoms with Crippen LogP contribution in [0.4, 0.5) is 0 Å². The Labute approximate surface area is 171 Å². The van der Waals surface area contributed by atoms with Crippen LogP contribution in [0.15, 0.2) is 60.7 Å². The van der Waals surface area contributed by atoms with Crippen LogP contribution < -0.4 is 5.30 Å². The highest BCUT2D eigenvalue weighted by Crippen LogP contribution is 2.61. The van der Waals surface area contributed by atoms with Crippen LogP contribution in [0.5, 0.6) is 0 Å². The van der Waals surface area contributed by atoms with E-state index in [1.807, 2.05) is 60.7 Å². The maximum Gasteiger partial charge on any atom is 0.314 e. The number of hydrogen-bond acceptors (Lipinski definition) is 3. The van der Waals surface area contributed by atoms with Crippen molar-refractivity contribution in [2.45, 2.75) is 41.5 Å². The van der Waals surface area contributed by atoms with Gasteiger partial charge in [0.05, 0.1) is 13.2 Å². The molecule has 2 aromatic rings. The van der Waals surface area contributed by atoms with Crippen molar-refractivity contribution in [3.63, 3.8) is 0 Å². The highest BCUT2D eigenvalue weighted by Gasteiger charge is 2.49. The molecule has 0 aliphatic rings. The summed E-state index contributed by atoms with van der Waals surface area (Å²) in [4.78, 5) is 13.2. The zero-order chi connectivity index (χ0) is 20.8. The van der Waals surface area contributed by atoms with E-state index >= 15 is 0 Å². The van der Waals surface area contributed by atoms with E-state index in [1.165, 1.54) is 0 Å². The molecule has 4 heteroatoms. The first-order valence-electron chi connectivity index (χ1n) is 9.82. The van der Waals surface area contributed by atoms with Crippen molar-refractivity contribution in [2.24, 2.45) is 10.8 Å². The van der Waals surface area contributed by atoms with E-state index in [2.05, 4.69) is 41.5 Å². The summed E-state index contributed by atoms with van der Waals surface area (Å²) in [5.74, 6) is 0.0561. The molecule has 0 saturated heterocycles. The molecule has 2 rings (SSSR count). The lowest BCUT2D eigenvalue weighted by Gasteiger charge is -2.29. The highest BCUT2D eigenvalue weighted by atomic mass is 31.2. The maximum absolute atomic E-state index is 13.2. The van der Waals surface area contributed by atoms with Crippen molar-refractivity contribution < 1.29 is 13.8 Å². The van der Waals surface area contributed by atoms with Gasteiger partial charge in [-0.2, -0.15) is 9.05 Å². The van der Waals surface area contributed by atoms with E-state index in [1.54, 1.807) is 0 Å². The summed E-state index contributed by atoms with van der Waals surface area (Å²) in [6, 6.07) is 19.4. The average Bonchev–Trinajstić information content (AvgIpc) is 2.64. The summed E-state index contributed by atoms with van der Waals surface area (Å²) in [7, 11) is -2.61. The SMILES string of the molecule is CC(C)(C)CO[P+](CC(=O)c1ccccc1)(OCC(C)(C)C)c1ccccc1. The van der Waals surface area contributed by atoms with Crippen molar-refractivity contribution in [1.29, 1.82) is 0 Å². The van der Waals surface area contributed by atoms with Crippen molar-refractivity contribution >= 4 is 18.8 Å². The van der Waals surface area contributed by atoms with Crippen LogP contribution >= 0.6 is 7.72 Å². The van der Waals surface area contributed by atoms with Crippen molar-refractivity contribution in [1.82, 2.24) is 0 Å². The van der Waals surface area contributed by atoms with Gasteiger partial charge in [0.25, 0.3) is 0 Å². The molecule has 0 heterocycles. The topological polar surface area (TPSA) is 35.5 Å². The monoisotopic (exact) mass is 401 g/mol. The van der Waals surface area contributed by atoms with Crippen molar-refractivity contribution in [2.75, 3.05) is 19.4 Å². The number of benzene rings is 2. The number of ketones is 1. The van der Waals surface area contributed by atoms with Gasteiger partial charge < -0.3 is 0 Å². The van der Waals surface area contributed by atoms with Crippen LogP contribution in [-0.4, -0.2) is 25.2 Å². The average molecular weight is 402 g/mol. The zero-order valence-electron chi connectivity index (χ0n) is 18.1. The largest absolute Gasteiger partial charge is 0.314 e. The summed E-state index contributed by atoms with van der Waals surface area (Å²) in [6.45, 7) is 13.9. The normalized spacial score (nSPS) is 12.8. The Kier molecular flexibility index (Phi) is 7.56. The molecule has 0 aliphatic carbocycles. The van der Waals surface area contributed by atoms with E-state index in [9.17, 15) is 4.79 Å². The van der Waals surface area contributed by atoms with Gasteiger partial charge in [0.1, 0.15) is 0 Å². The summed E-state index contributed by atoms with van der Waals surface area (Å²) in [6.07, 6.45) is 0.243. The van der Waals surface area contributed by atoms with Gasteiger partial charge in [-0.05, 0) is 23.0 Å². The molecule has 0 saturated carbocycles. The quantitative estimate of drug-likeness (QED) is 0.392. The number of hydrogen-bond donors (Lipinski definition) is 0. The van der Waals surface area contributed by atoms with Gasteiger partial charge in [-0.3, -0.25) is 4.79 Å². The highest BCUT2D eigenvalue weighted by molar-refractivity contribution is 7.75. The van der Waals surface area contributed by atoms with Gasteiger partial charge in [0, 0.05) is 5.56 Å². The first kappa shape index (κ1) is 22.7. The molecule has 0 radical (unpaired) electrons. The van der Waals surface area contributed by atoms with E-state index in [4.69, 9.17) is 9.05 Å². The minimum absolute atomic E-state index is 0.0269. The predicted molar refractivity (Wildman–Crippen MR) is 119 cm³/mol. The summed E-state index contributed by atoms with van der Waals surface area (Å²) < 4.78 is 13.1. The first-order valence-corrected chi connectivity index (χ1v) is 11.6. The zero-order valence-corrected chi connectivity index (χ0v) is 19.0. The summed E-state index contributed by atoms with van der Waals surface area (Å²) in [5.41, 5.74) is 0.642.